The van der Waals surface area contributed by atoms with Gasteiger partial charge in [-0.3, -0.25) is 8.98 Å². The molecule has 1 atom stereocenters. The van der Waals surface area contributed by atoms with Gasteiger partial charge in [0.15, 0.2) is 0 Å². The van der Waals surface area contributed by atoms with E-state index < -0.39 is 17.3 Å². The molecule has 156 valence electrons. The monoisotopic (exact) mass is 414 g/mol. The number of rotatable bonds is 20. The average molecular weight is 415 g/mol. The Balaban J connectivity index is 0. The van der Waals surface area contributed by atoms with Crippen molar-refractivity contribution in [2.75, 3.05) is 6.61 Å². The van der Waals surface area contributed by atoms with E-state index in [-0.39, 0.29) is 42.6 Å². The molecule has 0 saturated heterocycles. The molecule has 0 saturated carbocycles. The van der Waals surface area contributed by atoms with Crippen molar-refractivity contribution in [3.63, 3.8) is 0 Å². The van der Waals surface area contributed by atoms with Crippen LogP contribution in [0.1, 0.15) is 110 Å². The Bertz CT molecular complexity index is 366. The van der Waals surface area contributed by atoms with Crippen LogP contribution in [0.3, 0.4) is 0 Å². The van der Waals surface area contributed by atoms with Gasteiger partial charge in [-0.1, -0.05) is 96.8 Å². The minimum absolute atomic E-state index is 0. The number of carbonyl (C=O) groups excluding carboxylic acids is 2. The second-order valence-electron chi connectivity index (χ2n) is 6.81. The molecule has 0 radical (unpaired) electrons. The van der Waals surface area contributed by atoms with Crippen molar-refractivity contribution < 1.29 is 22.2 Å². The Morgan fingerprint density at radius 2 is 1.19 bits per heavy atom. The van der Waals surface area contributed by atoms with Crippen LogP contribution in [0, 0.1) is 0 Å². The normalized spacial score (nSPS) is 11.6. The Labute approximate surface area is 190 Å². The maximum atomic E-state index is 11.4. The molecule has 7 heteroatoms. The first-order valence-corrected chi connectivity index (χ1v) is 11.4. The summed E-state index contributed by atoms with van der Waals surface area (Å²) in [6.45, 7) is 1.92. The van der Waals surface area contributed by atoms with Gasteiger partial charge in [-0.15, -0.1) is 0 Å². The standard InChI is InChI=1S/C20H38O5S.Na.H/c1-2-3-4-5-6-7-8-9-10-11-12-13-14-15-16-17-20(22)25-26(23)24-19-18-21;;/h18H,2-17,19H2,1H3;;. The predicted molar refractivity (Wildman–Crippen MR) is 113 cm³/mol. The Hall–Kier alpha value is 0.250. The van der Waals surface area contributed by atoms with Crippen LogP contribution in [0.4, 0.5) is 0 Å². The topological polar surface area (TPSA) is 69.7 Å². The van der Waals surface area contributed by atoms with Gasteiger partial charge in [0.2, 0.25) is 0 Å². The van der Waals surface area contributed by atoms with Gasteiger partial charge in [-0.2, -0.15) is 4.21 Å². The summed E-state index contributed by atoms with van der Waals surface area (Å²) in [4.78, 5) is 21.4. The van der Waals surface area contributed by atoms with E-state index in [1.165, 1.54) is 77.0 Å². The third-order valence-electron chi connectivity index (χ3n) is 4.38. The van der Waals surface area contributed by atoms with E-state index in [2.05, 4.69) is 15.3 Å². The van der Waals surface area contributed by atoms with Gasteiger partial charge < -0.3 is 8.98 Å². The fourth-order valence-corrected chi connectivity index (χ4v) is 3.32. The molecular weight excluding hydrogens is 375 g/mol. The molecule has 0 bridgehead atoms. The molecule has 1 unspecified atom stereocenters. The van der Waals surface area contributed by atoms with E-state index in [9.17, 15) is 13.8 Å². The van der Waals surface area contributed by atoms with Crippen LogP contribution in [-0.4, -0.2) is 52.6 Å². The van der Waals surface area contributed by atoms with Crippen LogP contribution in [0.15, 0.2) is 0 Å². The summed E-state index contributed by atoms with van der Waals surface area (Å²) in [5.74, 6) is -0.538. The molecule has 0 spiro atoms. The first kappa shape index (κ1) is 29.5. The number of unbranched alkanes of at least 4 members (excludes halogenated alkanes) is 14. The van der Waals surface area contributed by atoms with Crippen molar-refractivity contribution in [3.8, 4) is 0 Å². The molecule has 0 fully saturated rings. The van der Waals surface area contributed by atoms with E-state index >= 15 is 0 Å². The van der Waals surface area contributed by atoms with E-state index in [1.807, 2.05) is 0 Å². The SMILES string of the molecule is CCCCCCCCCCCCCCCCCC(=O)OS(=O)OCC=O.[NaH]. The molecule has 27 heavy (non-hydrogen) atoms. The van der Waals surface area contributed by atoms with E-state index in [4.69, 9.17) is 0 Å². The van der Waals surface area contributed by atoms with Crippen molar-refractivity contribution in [1.29, 1.82) is 0 Å². The predicted octanol–water partition coefficient (Wildman–Crippen LogP) is 4.94. The zero-order valence-electron chi connectivity index (χ0n) is 16.5. The summed E-state index contributed by atoms with van der Waals surface area (Å²) in [6, 6.07) is 0. The van der Waals surface area contributed by atoms with Crippen LogP contribution in [0.25, 0.3) is 0 Å². The van der Waals surface area contributed by atoms with Gasteiger partial charge in [0.05, 0.1) is 0 Å². The van der Waals surface area contributed by atoms with E-state index in [1.54, 1.807) is 0 Å². The summed E-state index contributed by atoms with van der Waals surface area (Å²) in [6.07, 6.45) is 19.7. The average Bonchev–Trinajstić information content (AvgIpc) is 2.63. The molecule has 0 aromatic heterocycles. The summed E-state index contributed by atoms with van der Waals surface area (Å²) in [7, 11) is 0. The quantitative estimate of drug-likeness (QED) is 0.160. The van der Waals surface area contributed by atoms with Gasteiger partial charge in [0, 0.05) is 6.42 Å². The first-order valence-electron chi connectivity index (χ1n) is 10.4. The number of hydrogen-bond donors (Lipinski definition) is 0. The molecular formula is C20H39NaO5S. The number of hydrogen-bond acceptors (Lipinski definition) is 5. The van der Waals surface area contributed by atoms with Crippen molar-refractivity contribution >= 4 is 53.2 Å². The molecule has 0 rings (SSSR count). The molecule has 0 aliphatic heterocycles. The van der Waals surface area contributed by atoms with Crippen LogP contribution >= 0.6 is 0 Å². The maximum absolute atomic E-state index is 11.4. The summed E-state index contributed by atoms with van der Waals surface area (Å²) < 4.78 is 20.0. The molecule has 0 aliphatic rings. The molecule has 5 nitrogen and oxygen atoms in total. The van der Waals surface area contributed by atoms with Crippen LogP contribution in [-0.2, 0) is 29.3 Å². The van der Waals surface area contributed by atoms with Crippen molar-refractivity contribution in [3.05, 3.63) is 0 Å². The summed E-state index contributed by atoms with van der Waals surface area (Å²) in [5.41, 5.74) is 0. The number of carbonyl (C=O) groups is 2. The fraction of sp³-hybridized carbons (Fsp3) is 0.900. The van der Waals surface area contributed by atoms with Crippen molar-refractivity contribution in [2.24, 2.45) is 0 Å². The minimum atomic E-state index is -2.15. The van der Waals surface area contributed by atoms with Crippen LogP contribution < -0.4 is 0 Å². The Morgan fingerprint density at radius 3 is 1.59 bits per heavy atom. The van der Waals surface area contributed by atoms with E-state index in [0.29, 0.717) is 6.29 Å². The van der Waals surface area contributed by atoms with Crippen LogP contribution in [0.2, 0.25) is 0 Å². The van der Waals surface area contributed by atoms with Gasteiger partial charge in [-0.05, 0) is 6.42 Å². The Kier molecular flexibility index (Phi) is 26.5. The zero-order chi connectivity index (χ0) is 19.3. The molecule has 0 aromatic rings. The van der Waals surface area contributed by atoms with Gasteiger partial charge in [-0.25, -0.2) is 0 Å². The molecule has 0 aliphatic carbocycles. The van der Waals surface area contributed by atoms with E-state index in [0.717, 1.165) is 19.3 Å². The van der Waals surface area contributed by atoms with Gasteiger partial charge in [0.1, 0.15) is 12.9 Å². The molecule has 0 aromatic carbocycles. The fourth-order valence-electron chi connectivity index (χ4n) is 2.87. The zero-order valence-corrected chi connectivity index (χ0v) is 17.4. The van der Waals surface area contributed by atoms with Crippen molar-refractivity contribution in [2.45, 2.75) is 110 Å². The Morgan fingerprint density at radius 1 is 0.778 bits per heavy atom. The second-order valence-corrected chi connectivity index (χ2v) is 7.62. The molecule has 0 N–H and O–H groups in total. The van der Waals surface area contributed by atoms with Gasteiger partial charge in [0.25, 0.3) is 0 Å². The first-order chi connectivity index (χ1) is 12.7. The van der Waals surface area contributed by atoms with Crippen LogP contribution in [0.5, 0.6) is 0 Å². The second kappa shape index (κ2) is 24.3. The third-order valence-corrected chi connectivity index (χ3v) is 5.03. The van der Waals surface area contributed by atoms with Crippen molar-refractivity contribution in [1.82, 2.24) is 0 Å². The summed E-state index contributed by atoms with van der Waals surface area (Å²) in [5, 5.41) is 0. The number of aldehydes is 1. The van der Waals surface area contributed by atoms with Gasteiger partial charge >= 0.3 is 46.9 Å². The molecule has 0 heterocycles. The molecule has 0 amide bonds. The third kappa shape index (κ3) is 24.2. The summed E-state index contributed by atoms with van der Waals surface area (Å²) >= 11 is -2.15.